The summed E-state index contributed by atoms with van der Waals surface area (Å²) in [7, 11) is 0. The number of rotatable bonds is 7. The van der Waals surface area contributed by atoms with Gasteiger partial charge in [0.15, 0.2) is 12.2 Å². The third-order valence-electron chi connectivity index (χ3n) is 5.43. The minimum Gasteiger partial charge on any atom is -0.465 e. The molecule has 0 spiro atoms. The Hall–Kier alpha value is -3.47. The standard InChI is InChI=1S/C23H26ClN3O8/c1-12(28)32-11-17-9-20(27-10-19(25-26-27)16-5-7-18(24)8-6-16)22(34-14(3)30)23(35-15(4)31)21(17)33-13(2)29/h5-8,10,17,20-23H,9,11H2,1-4H3/t17-,20+,21-,22+,23+/m1/s1. The van der Waals surface area contributed by atoms with Gasteiger partial charge in [-0.1, -0.05) is 28.9 Å². The van der Waals surface area contributed by atoms with E-state index in [-0.39, 0.29) is 13.0 Å². The number of hydrogen-bond acceptors (Lipinski definition) is 10. The highest BCUT2D eigenvalue weighted by atomic mass is 35.5. The van der Waals surface area contributed by atoms with Crippen molar-refractivity contribution >= 4 is 35.5 Å². The molecule has 11 nitrogen and oxygen atoms in total. The van der Waals surface area contributed by atoms with Crippen molar-refractivity contribution in [3.8, 4) is 11.3 Å². The summed E-state index contributed by atoms with van der Waals surface area (Å²) in [5.74, 6) is -3.05. The number of esters is 4. The highest BCUT2D eigenvalue weighted by molar-refractivity contribution is 6.30. The zero-order chi connectivity index (χ0) is 25.7. The molecule has 188 valence electrons. The lowest BCUT2D eigenvalue weighted by Gasteiger charge is -2.44. The first-order valence-corrected chi connectivity index (χ1v) is 11.3. The highest BCUT2D eigenvalue weighted by Gasteiger charge is 2.52. The molecule has 0 bridgehead atoms. The molecular formula is C23H26ClN3O8. The summed E-state index contributed by atoms with van der Waals surface area (Å²) in [5.41, 5.74) is 1.29. The predicted molar refractivity (Wildman–Crippen MR) is 121 cm³/mol. The van der Waals surface area contributed by atoms with Crippen LogP contribution in [0.2, 0.25) is 5.02 Å². The Kier molecular flexibility index (Phi) is 8.44. The Morgan fingerprint density at radius 2 is 1.46 bits per heavy atom. The molecule has 1 heterocycles. The van der Waals surface area contributed by atoms with E-state index in [1.807, 2.05) is 0 Å². The molecule has 1 fully saturated rings. The molecule has 35 heavy (non-hydrogen) atoms. The van der Waals surface area contributed by atoms with Crippen LogP contribution < -0.4 is 0 Å². The summed E-state index contributed by atoms with van der Waals surface area (Å²) in [6.07, 6.45) is -1.40. The average molecular weight is 508 g/mol. The van der Waals surface area contributed by atoms with Crippen LogP contribution in [-0.2, 0) is 38.1 Å². The molecule has 1 aliphatic carbocycles. The van der Waals surface area contributed by atoms with Gasteiger partial charge in [0, 0.05) is 44.2 Å². The largest absolute Gasteiger partial charge is 0.465 e. The molecule has 0 aliphatic heterocycles. The first-order chi connectivity index (χ1) is 16.5. The molecule has 1 aromatic heterocycles. The minimum absolute atomic E-state index is 0.118. The number of halogens is 1. The van der Waals surface area contributed by atoms with E-state index in [4.69, 9.17) is 30.5 Å². The molecule has 12 heteroatoms. The van der Waals surface area contributed by atoms with Gasteiger partial charge in [-0.05, 0) is 18.6 Å². The van der Waals surface area contributed by atoms with Crippen LogP contribution in [0.4, 0.5) is 0 Å². The summed E-state index contributed by atoms with van der Waals surface area (Å²) < 4.78 is 23.2. The molecule has 1 aliphatic rings. The number of aromatic nitrogens is 3. The average Bonchev–Trinajstić information content (AvgIpc) is 3.24. The van der Waals surface area contributed by atoms with Gasteiger partial charge in [-0.3, -0.25) is 19.2 Å². The van der Waals surface area contributed by atoms with Crippen molar-refractivity contribution in [3.63, 3.8) is 0 Å². The fourth-order valence-electron chi connectivity index (χ4n) is 4.11. The molecule has 5 atom stereocenters. The van der Waals surface area contributed by atoms with Gasteiger partial charge in [0.25, 0.3) is 0 Å². The van der Waals surface area contributed by atoms with Crippen molar-refractivity contribution in [1.29, 1.82) is 0 Å². The maximum Gasteiger partial charge on any atom is 0.303 e. The minimum atomic E-state index is -1.18. The van der Waals surface area contributed by atoms with Crippen molar-refractivity contribution in [3.05, 3.63) is 35.5 Å². The summed E-state index contributed by atoms with van der Waals surface area (Å²) in [5, 5.41) is 8.99. The summed E-state index contributed by atoms with van der Waals surface area (Å²) in [6.45, 7) is 4.74. The lowest BCUT2D eigenvalue weighted by molar-refractivity contribution is -0.207. The van der Waals surface area contributed by atoms with Crippen LogP contribution in [0.1, 0.15) is 40.2 Å². The van der Waals surface area contributed by atoms with E-state index in [0.717, 1.165) is 5.56 Å². The van der Waals surface area contributed by atoms with Crippen LogP contribution in [0, 0.1) is 5.92 Å². The summed E-state index contributed by atoms with van der Waals surface area (Å²) >= 11 is 5.97. The monoisotopic (exact) mass is 507 g/mol. The van der Waals surface area contributed by atoms with E-state index in [2.05, 4.69) is 10.3 Å². The Morgan fingerprint density at radius 3 is 2.03 bits per heavy atom. The smallest absolute Gasteiger partial charge is 0.303 e. The Morgan fingerprint density at radius 1 is 0.886 bits per heavy atom. The maximum absolute atomic E-state index is 12.0. The maximum atomic E-state index is 12.0. The van der Waals surface area contributed by atoms with E-state index in [1.165, 1.54) is 32.4 Å². The van der Waals surface area contributed by atoms with Gasteiger partial charge in [-0.25, -0.2) is 4.68 Å². The number of nitrogens with zero attached hydrogens (tertiary/aromatic N) is 3. The second-order valence-electron chi connectivity index (χ2n) is 8.18. The zero-order valence-electron chi connectivity index (χ0n) is 19.7. The normalized spacial score (nSPS) is 23.7. The first kappa shape index (κ1) is 26.1. The zero-order valence-corrected chi connectivity index (χ0v) is 20.4. The van der Waals surface area contributed by atoms with Crippen LogP contribution in [0.25, 0.3) is 11.3 Å². The third kappa shape index (κ3) is 6.78. The molecule has 0 amide bonds. The SMILES string of the molecule is CC(=O)OC[C@H]1C[C@H](n2cc(-c3ccc(Cl)cc3)nn2)[C@H](OC(C)=O)[C@@H](OC(C)=O)[C@@H]1OC(C)=O. The van der Waals surface area contributed by atoms with Gasteiger partial charge in [-0.15, -0.1) is 5.10 Å². The number of carbonyl (C=O) groups excluding carboxylic acids is 4. The van der Waals surface area contributed by atoms with E-state index >= 15 is 0 Å². The number of carbonyl (C=O) groups is 4. The molecule has 1 aromatic carbocycles. The fourth-order valence-corrected chi connectivity index (χ4v) is 4.23. The topological polar surface area (TPSA) is 136 Å². The van der Waals surface area contributed by atoms with Gasteiger partial charge in [-0.2, -0.15) is 0 Å². The lowest BCUT2D eigenvalue weighted by atomic mass is 9.79. The Balaban J connectivity index is 2.03. The number of benzene rings is 1. The highest BCUT2D eigenvalue weighted by Crippen LogP contribution is 2.39. The number of ether oxygens (including phenoxy) is 4. The van der Waals surface area contributed by atoms with Gasteiger partial charge >= 0.3 is 23.9 Å². The van der Waals surface area contributed by atoms with Crippen molar-refractivity contribution in [2.75, 3.05) is 6.61 Å². The molecule has 1 saturated carbocycles. The van der Waals surface area contributed by atoms with Crippen LogP contribution in [-0.4, -0.2) is 63.8 Å². The van der Waals surface area contributed by atoms with Crippen LogP contribution in [0.3, 0.4) is 0 Å². The molecule has 3 rings (SSSR count). The molecule has 0 radical (unpaired) electrons. The number of hydrogen-bond donors (Lipinski definition) is 0. The molecular weight excluding hydrogens is 482 g/mol. The van der Waals surface area contributed by atoms with E-state index in [9.17, 15) is 19.2 Å². The van der Waals surface area contributed by atoms with Gasteiger partial charge in [0.2, 0.25) is 0 Å². The van der Waals surface area contributed by atoms with Gasteiger partial charge in [0.05, 0.1) is 18.8 Å². The Labute approximate surface area is 206 Å². The molecule has 0 saturated heterocycles. The second-order valence-corrected chi connectivity index (χ2v) is 8.61. The molecule has 2 aromatic rings. The summed E-state index contributed by atoms with van der Waals surface area (Å²) in [4.78, 5) is 47.4. The predicted octanol–water partition coefficient (Wildman–Crippen LogP) is 2.52. The lowest BCUT2D eigenvalue weighted by Crippen LogP contribution is -2.57. The van der Waals surface area contributed by atoms with Crippen LogP contribution >= 0.6 is 11.6 Å². The summed E-state index contributed by atoms with van der Waals surface area (Å²) in [6, 6.07) is 6.32. The van der Waals surface area contributed by atoms with Gasteiger partial charge < -0.3 is 18.9 Å². The van der Waals surface area contributed by atoms with E-state index in [0.29, 0.717) is 10.7 Å². The Bertz CT molecular complexity index is 1090. The fraction of sp³-hybridized carbons (Fsp3) is 0.478. The van der Waals surface area contributed by atoms with Crippen molar-refractivity contribution in [2.45, 2.75) is 58.5 Å². The van der Waals surface area contributed by atoms with E-state index in [1.54, 1.807) is 30.5 Å². The quantitative estimate of drug-likeness (QED) is 0.406. The van der Waals surface area contributed by atoms with E-state index < -0.39 is 54.1 Å². The van der Waals surface area contributed by atoms with Crippen molar-refractivity contribution < 1.29 is 38.1 Å². The van der Waals surface area contributed by atoms with Crippen molar-refractivity contribution in [2.24, 2.45) is 5.92 Å². The van der Waals surface area contributed by atoms with Crippen LogP contribution in [0.5, 0.6) is 0 Å². The van der Waals surface area contributed by atoms with Gasteiger partial charge in [0.1, 0.15) is 11.8 Å². The van der Waals surface area contributed by atoms with Crippen LogP contribution in [0.15, 0.2) is 30.5 Å². The second kappa shape index (κ2) is 11.3. The molecule has 0 unspecified atom stereocenters. The molecule has 0 N–H and O–H groups in total. The first-order valence-electron chi connectivity index (χ1n) is 10.9. The van der Waals surface area contributed by atoms with Crippen molar-refractivity contribution in [1.82, 2.24) is 15.0 Å². The third-order valence-corrected chi connectivity index (χ3v) is 5.68.